The van der Waals surface area contributed by atoms with Crippen LogP contribution in [-0.4, -0.2) is 52.5 Å². The minimum Gasteiger partial charge on any atom is -0.380 e. The third-order valence-corrected chi connectivity index (χ3v) is 4.09. The van der Waals surface area contributed by atoms with Gasteiger partial charge >= 0.3 is 0 Å². The van der Waals surface area contributed by atoms with Gasteiger partial charge in [0.05, 0.1) is 30.8 Å². The summed E-state index contributed by atoms with van der Waals surface area (Å²) in [6.45, 7) is 3.13. The Hall–Kier alpha value is -2.10. The first-order valence-corrected chi connectivity index (χ1v) is 8.41. The van der Waals surface area contributed by atoms with Gasteiger partial charge in [0, 0.05) is 25.7 Å². The molecule has 1 saturated heterocycles. The molecule has 0 amide bonds. The lowest BCUT2D eigenvalue weighted by Gasteiger charge is -2.24. The van der Waals surface area contributed by atoms with Crippen molar-refractivity contribution < 1.29 is 4.74 Å². The van der Waals surface area contributed by atoms with Gasteiger partial charge in [-0.1, -0.05) is 0 Å². The molecule has 2 aromatic heterocycles. The topological polar surface area (TPSA) is 121 Å². The van der Waals surface area contributed by atoms with E-state index in [2.05, 4.69) is 58.7 Å². The summed E-state index contributed by atoms with van der Waals surface area (Å²) in [6.07, 6.45) is 3.01. The predicted molar refractivity (Wildman–Crippen MR) is 95.9 cm³/mol. The molecule has 1 aliphatic rings. The van der Waals surface area contributed by atoms with E-state index < -0.39 is 0 Å². The molecule has 3 heterocycles. The molecule has 124 valence electrons. The molecule has 0 radical (unpaired) electrons. The van der Waals surface area contributed by atoms with E-state index in [1.54, 1.807) is 0 Å². The first-order chi connectivity index (χ1) is 11.7. The van der Waals surface area contributed by atoms with Crippen LogP contribution in [0.5, 0.6) is 0 Å². The van der Waals surface area contributed by atoms with Crippen LogP contribution in [0, 0.1) is 15.0 Å². The highest BCUT2D eigenvalue weighted by atomic mass is 127. The molecule has 0 aliphatic carbocycles. The summed E-state index contributed by atoms with van der Waals surface area (Å²) in [7, 11) is 0. The van der Waals surface area contributed by atoms with Crippen molar-refractivity contribution in [1.82, 2.24) is 25.5 Å². The molecule has 0 aromatic carbocycles. The molecule has 3 N–H and O–H groups in total. The van der Waals surface area contributed by atoms with Gasteiger partial charge in [-0.25, -0.2) is 9.97 Å². The molecule has 0 spiro atoms. The molecule has 24 heavy (non-hydrogen) atoms. The van der Waals surface area contributed by atoms with Crippen molar-refractivity contribution in [3.8, 4) is 6.07 Å². The number of nitrogens with zero attached hydrogens (tertiary/aromatic N) is 5. The summed E-state index contributed by atoms with van der Waals surface area (Å²) < 4.78 is 6.43. The average molecular weight is 438 g/mol. The number of nitrogens with one attached hydrogen (secondary N) is 3. The third kappa shape index (κ3) is 4.47. The van der Waals surface area contributed by atoms with Gasteiger partial charge < -0.3 is 20.7 Å². The Labute approximate surface area is 152 Å². The van der Waals surface area contributed by atoms with E-state index in [0.29, 0.717) is 18.2 Å². The Bertz CT molecular complexity index is 727. The highest BCUT2D eigenvalue weighted by Crippen LogP contribution is 2.20. The smallest absolute Gasteiger partial charge is 0.158 e. The normalized spacial score (nSPS) is 17.1. The fourth-order valence-corrected chi connectivity index (χ4v) is 2.57. The van der Waals surface area contributed by atoms with Gasteiger partial charge in [0.2, 0.25) is 0 Å². The van der Waals surface area contributed by atoms with Crippen molar-refractivity contribution in [3.63, 3.8) is 0 Å². The minimum absolute atomic E-state index is 0.128. The van der Waals surface area contributed by atoms with Crippen molar-refractivity contribution in [2.75, 3.05) is 36.9 Å². The number of hydrogen-bond donors (Lipinski definition) is 3. The van der Waals surface area contributed by atoms with Crippen LogP contribution in [0.1, 0.15) is 5.69 Å². The van der Waals surface area contributed by atoms with Gasteiger partial charge in [0.25, 0.3) is 0 Å². The largest absolute Gasteiger partial charge is 0.380 e. The molecule has 9 nitrogen and oxygen atoms in total. The average Bonchev–Trinajstić information content (AvgIpc) is 2.63. The van der Waals surface area contributed by atoms with Crippen LogP contribution >= 0.6 is 22.6 Å². The second kappa shape index (κ2) is 8.13. The lowest BCUT2D eigenvalue weighted by Crippen LogP contribution is -2.42. The summed E-state index contributed by atoms with van der Waals surface area (Å²) in [4.78, 5) is 8.06. The Morgan fingerprint density at radius 2 is 2.25 bits per heavy atom. The molecular formula is C14H15IN8O. The number of ether oxygens (including phenoxy) is 1. The molecule has 0 saturated carbocycles. The fourth-order valence-electron chi connectivity index (χ4n) is 2.12. The van der Waals surface area contributed by atoms with Gasteiger partial charge in [-0.3, -0.25) is 0 Å². The van der Waals surface area contributed by atoms with Crippen molar-refractivity contribution in [2.24, 2.45) is 0 Å². The van der Waals surface area contributed by atoms with Gasteiger partial charge in [-0.05, 0) is 22.6 Å². The van der Waals surface area contributed by atoms with Gasteiger partial charge in [-0.2, -0.15) is 5.26 Å². The van der Waals surface area contributed by atoms with E-state index in [4.69, 9.17) is 10.00 Å². The molecule has 2 aromatic rings. The summed E-state index contributed by atoms with van der Waals surface area (Å²) in [5.41, 5.74) is 1.13. The Balaban J connectivity index is 1.65. The number of anilines is 3. The van der Waals surface area contributed by atoms with Crippen molar-refractivity contribution >= 4 is 39.9 Å². The van der Waals surface area contributed by atoms with Gasteiger partial charge in [-0.15, -0.1) is 10.2 Å². The standard InChI is InChI=1S/C14H15IN8O/c15-14-11(19-7-10-6-17-1-2-24-10)3-12(22-23-14)21-13-8-18-9(4-16)5-20-13/h3,5,8,10,17H,1-2,6-7H2,(H2,19,20,21,22). The van der Waals surface area contributed by atoms with Crippen LogP contribution in [0.25, 0.3) is 0 Å². The maximum atomic E-state index is 8.73. The van der Waals surface area contributed by atoms with E-state index in [0.717, 1.165) is 29.1 Å². The Morgan fingerprint density at radius 3 is 2.96 bits per heavy atom. The summed E-state index contributed by atoms with van der Waals surface area (Å²) in [6, 6.07) is 3.78. The molecule has 1 unspecified atom stereocenters. The van der Waals surface area contributed by atoms with Crippen molar-refractivity contribution in [2.45, 2.75) is 6.10 Å². The summed E-state index contributed by atoms with van der Waals surface area (Å²) >= 11 is 2.13. The highest BCUT2D eigenvalue weighted by Gasteiger charge is 2.14. The molecule has 10 heteroatoms. The Morgan fingerprint density at radius 1 is 1.33 bits per heavy atom. The number of halogens is 1. The number of hydrogen-bond acceptors (Lipinski definition) is 9. The van der Waals surface area contributed by atoms with Gasteiger partial charge in [0.15, 0.2) is 11.5 Å². The molecule has 1 atom stereocenters. The maximum Gasteiger partial charge on any atom is 0.158 e. The van der Waals surface area contributed by atoms with E-state index in [9.17, 15) is 0 Å². The van der Waals surface area contributed by atoms with E-state index >= 15 is 0 Å². The maximum absolute atomic E-state index is 8.73. The predicted octanol–water partition coefficient (Wildman–Crippen LogP) is 0.887. The second-order valence-electron chi connectivity index (χ2n) is 5.04. The molecule has 1 aliphatic heterocycles. The van der Waals surface area contributed by atoms with Crippen LogP contribution in [-0.2, 0) is 4.74 Å². The lowest BCUT2D eigenvalue weighted by atomic mass is 10.3. The lowest BCUT2D eigenvalue weighted by molar-refractivity contribution is 0.0372. The fraction of sp³-hybridized carbons (Fsp3) is 0.357. The zero-order valence-corrected chi connectivity index (χ0v) is 14.8. The minimum atomic E-state index is 0.128. The van der Waals surface area contributed by atoms with Crippen LogP contribution in [0.15, 0.2) is 18.5 Å². The number of aromatic nitrogens is 4. The Kier molecular flexibility index (Phi) is 5.68. The number of morpholine rings is 1. The first-order valence-electron chi connectivity index (χ1n) is 7.33. The van der Waals surface area contributed by atoms with Crippen LogP contribution in [0.4, 0.5) is 17.3 Å². The second-order valence-corrected chi connectivity index (χ2v) is 6.06. The van der Waals surface area contributed by atoms with Crippen LogP contribution in [0.3, 0.4) is 0 Å². The van der Waals surface area contributed by atoms with Crippen molar-refractivity contribution in [3.05, 3.63) is 27.9 Å². The SMILES string of the molecule is N#Cc1cnc(Nc2cc(NCC3CNCCO3)c(I)nn2)cn1. The van der Waals surface area contributed by atoms with Crippen molar-refractivity contribution in [1.29, 1.82) is 5.26 Å². The van der Waals surface area contributed by atoms with Crippen LogP contribution in [0.2, 0.25) is 0 Å². The van der Waals surface area contributed by atoms with Crippen LogP contribution < -0.4 is 16.0 Å². The molecule has 1 fully saturated rings. The van der Waals surface area contributed by atoms with E-state index in [-0.39, 0.29) is 11.8 Å². The summed E-state index contributed by atoms with van der Waals surface area (Å²) in [5.74, 6) is 1.04. The summed E-state index contributed by atoms with van der Waals surface area (Å²) in [5, 5.41) is 26.6. The quantitative estimate of drug-likeness (QED) is 0.585. The molecule has 3 rings (SSSR count). The highest BCUT2D eigenvalue weighted by molar-refractivity contribution is 14.1. The zero-order chi connectivity index (χ0) is 16.8. The third-order valence-electron chi connectivity index (χ3n) is 3.30. The molecule has 0 bridgehead atoms. The monoisotopic (exact) mass is 438 g/mol. The van der Waals surface area contributed by atoms with E-state index in [1.807, 2.05) is 12.1 Å². The van der Waals surface area contributed by atoms with E-state index in [1.165, 1.54) is 12.4 Å². The number of nitriles is 1. The molecular weight excluding hydrogens is 423 g/mol. The number of rotatable bonds is 5. The first kappa shape index (κ1) is 16.7. The van der Waals surface area contributed by atoms with Gasteiger partial charge in [0.1, 0.15) is 15.6 Å². The zero-order valence-electron chi connectivity index (χ0n) is 12.7.